The lowest BCUT2D eigenvalue weighted by molar-refractivity contribution is -0.180. The van der Waals surface area contributed by atoms with E-state index in [9.17, 15) is 24.6 Å². The fraction of sp³-hybridized carbons (Fsp3) is 0.634. The zero-order valence-corrected chi connectivity index (χ0v) is 29.9. The maximum atomic E-state index is 13.6. The number of ketones is 2. The van der Waals surface area contributed by atoms with Crippen LogP contribution in [0.3, 0.4) is 0 Å². The Morgan fingerprint density at radius 1 is 0.936 bits per heavy atom. The smallest absolute Gasteiger partial charge is 0.331 e. The Labute approximate surface area is 282 Å². The van der Waals surface area contributed by atoms with E-state index in [0.717, 1.165) is 62.5 Å². The zero-order chi connectivity index (χ0) is 34.6. The zero-order valence-electron chi connectivity index (χ0n) is 29.9. The van der Waals surface area contributed by atoms with Gasteiger partial charge >= 0.3 is 5.97 Å². The second-order valence-electron chi connectivity index (χ2n) is 15.6. The van der Waals surface area contributed by atoms with E-state index in [1.54, 1.807) is 12.2 Å². The highest BCUT2D eigenvalue weighted by atomic mass is 16.5. The van der Waals surface area contributed by atoms with Gasteiger partial charge in [-0.2, -0.15) is 0 Å². The number of hydrogen-bond acceptors (Lipinski definition) is 6. The van der Waals surface area contributed by atoms with Crippen LogP contribution in [-0.2, 0) is 19.1 Å². The summed E-state index contributed by atoms with van der Waals surface area (Å²) >= 11 is 0. The van der Waals surface area contributed by atoms with E-state index < -0.39 is 40.9 Å². The lowest BCUT2D eigenvalue weighted by Gasteiger charge is -2.59. The Balaban J connectivity index is 1.27. The third kappa shape index (κ3) is 8.08. The quantitative estimate of drug-likeness (QED) is 0.119. The Morgan fingerprint density at radius 3 is 2.19 bits per heavy atom. The summed E-state index contributed by atoms with van der Waals surface area (Å²) in [6.07, 6.45) is 21.5. The van der Waals surface area contributed by atoms with Crippen LogP contribution in [0.2, 0.25) is 0 Å². The van der Waals surface area contributed by atoms with Gasteiger partial charge in [-0.05, 0) is 129 Å². The van der Waals surface area contributed by atoms with Gasteiger partial charge in [0.15, 0.2) is 12.4 Å². The Bertz CT molecular complexity index is 1400. The average Bonchev–Trinajstić information content (AvgIpc) is 3.26. The van der Waals surface area contributed by atoms with Gasteiger partial charge in [0.2, 0.25) is 5.78 Å². The molecule has 3 saturated carbocycles. The molecule has 6 nitrogen and oxygen atoms in total. The summed E-state index contributed by atoms with van der Waals surface area (Å²) in [5, 5.41) is 23.5. The van der Waals surface area contributed by atoms with Gasteiger partial charge in [-0.3, -0.25) is 9.59 Å². The molecule has 3 fully saturated rings. The summed E-state index contributed by atoms with van der Waals surface area (Å²) in [6.45, 7) is 14.1. The molecule has 0 aliphatic heterocycles. The van der Waals surface area contributed by atoms with Crippen LogP contribution in [0, 0.1) is 28.6 Å². The van der Waals surface area contributed by atoms with Crippen molar-refractivity contribution in [3.63, 3.8) is 0 Å². The lowest BCUT2D eigenvalue weighted by atomic mass is 9.46. The molecule has 7 atom stereocenters. The van der Waals surface area contributed by atoms with Crippen molar-refractivity contribution >= 4 is 17.5 Å². The molecule has 47 heavy (non-hydrogen) atoms. The van der Waals surface area contributed by atoms with E-state index in [1.807, 2.05) is 19.9 Å². The molecule has 0 aromatic heterocycles. The number of fused-ring (bicyclic) bond motifs is 5. The van der Waals surface area contributed by atoms with Gasteiger partial charge in [0.05, 0.1) is 6.10 Å². The van der Waals surface area contributed by atoms with Crippen molar-refractivity contribution in [3.8, 4) is 0 Å². The number of carbonyl (C=O) groups excluding carboxylic acids is 3. The van der Waals surface area contributed by atoms with Crippen molar-refractivity contribution < 1.29 is 29.3 Å². The lowest BCUT2D eigenvalue weighted by Crippen LogP contribution is -2.61. The number of Topliss-reactive ketones (excluding diaryl/α,β-unsaturated/α-hetero) is 1. The number of hydrogen-bond donors (Lipinski definition) is 2. The highest BCUT2D eigenvalue weighted by Gasteiger charge is 2.68. The van der Waals surface area contributed by atoms with E-state index in [0.29, 0.717) is 12.8 Å². The highest BCUT2D eigenvalue weighted by molar-refractivity contribution is 6.01. The first-order valence-electron chi connectivity index (χ1n) is 17.8. The van der Waals surface area contributed by atoms with Crippen LogP contribution < -0.4 is 0 Å². The molecule has 0 aromatic rings. The van der Waals surface area contributed by atoms with Crippen molar-refractivity contribution in [3.05, 3.63) is 70.4 Å². The predicted octanol–water partition coefficient (Wildman–Crippen LogP) is 8.25. The summed E-state index contributed by atoms with van der Waals surface area (Å²) in [6, 6.07) is 0. The van der Waals surface area contributed by atoms with Gasteiger partial charge in [-0.1, -0.05) is 66.0 Å². The second kappa shape index (κ2) is 15.2. The molecule has 258 valence electrons. The van der Waals surface area contributed by atoms with Crippen LogP contribution in [-0.4, -0.2) is 46.1 Å². The number of esters is 1. The second-order valence-corrected chi connectivity index (χ2v) is 15.6. The molecule has 0 bridgehead atoms. The van der Waals surface area contributed by atoms with E-state index in [4.69, 9.17) is 4.74 Å². The number of rotatable bonds is 13. The first-order chi connectivity index (χ1) is 22.1. The normalized spacial score (nSPS) is 33.9. The Morgan fingerprint density at radius 2 is 1.55 bits per heavy atom. The minimum absolute atomic E-state index is 0.00563. The average molecular weight is 647 g/mol. The SMILES string of the molecule is CC(C)=CCC/C(C)=C/CC/C(C)=C/CC/C(C)=C/C(=O)OCC(=O)[C@@]1(O)CC[C@H]2[C@@H]3CCC4=CC(=O)C=C[C@]4(C)[C@H]3[C@@H](O)C[C@@]21C. The number of aliphatic hydroxyl groups excluding tert-OH is 1. The molecule has 0 radical (unpaired) electrons. The van der Waals surface area contributed by atoms with E-state index in [-0.39, 0.29) is 30.0 Å². The third-order valence-electron chi connectivity index (χ3n) is 12.0. The molecular weight excluding hydrogens is 588 g/mol. The standard InChI is InChI=1S/C41H58O6/c1-27(2)11-8-12-28(3)13-9-14-29(4)15-10-16-30(5)23-37(45)47-26-36(44)41(46)22-20-34-33-18-17-31-24-32(42)19-21-39(31,6)38(33)35(43)25-40(34,41)7/h11,13,15,19,21,23-24,33-35,38,43,46H,8-10,12,14,16-18,20,22,25-26H2,1-7H3/b28-13+,29-15+,30-23+/t33-,34-,35-,38+,39-,40-,41-/m0/s1. The summed E-state index contributed by atoms with van der Waals surface area (Å²) < 4.78 is 5.39. The fourth-order valence-electron chi connectivity index (χ4n) is 9.24. The van der Waals surface area contributed by atoms with Gasteiger partial charge in [0.25, 0.3) is 0 Å². The van der Waals surface area contributed by atoms with Crippen molar-refractivity contribution in [2.45, 2.75) is 131 Å². The van der Waals surface area contributed by atoms with Crippen LogP contribution >= 0.6 is 0 Å². The molecule has 0 saturated heterocycles. The van der Waals surface area contributed by atoms with Crippen LogP contribution in [0.1, 0.15) is 119 Å². The first-order valence-corrected chi connectivity index (χ1v) is 17.8. The first kappa shape index (κ1) is 37.0. The van der Waals surface area contributed by atoms with Gasteiger partial charge in [0.1, 0.15) is 5.60 Å². The number of allylic oxidation sites excluding steroid dienone is 11. The topological polar surface area (TPSA) is 101 Å². The third-order valence-corrected chi connectivity index (χ3v) is 12.0. The van der Waals surface area contributed by atoms with Crippen LogP contribution in [0.4, 0.5) is 0 Å². The van der Waals surface area contributed by atoms with Crippen molar-refractivity contribution in [2.24, 2.45) is 28.6 Å². The minimum atomic E-state index is -1.67. The van der Waals surface area contributed by atoms with Crippen molar-refractivity contribution in [1.82, 2.24) is 0 Å². The summed E-state index contributed by atoms with van der Waals surface area (Å²) in [5.74, 6) is -0.969. The largest absolute Gasteiger partial charge is 0.454 e. The molecule has 4 aliphatic rings. The molecule has 2 N–H and O–H groups in total. The highest BCUT2D eigenvalue weighted by Crippen LogP contribution is 2.67. The van der Waals surface area contributed by atoms with Crippen molar-refractivity contribution in [1.29, 1.82) is 0 Å². The summed E-state index contributed by atoms with van der Waals surface area (Å²) in [4.78, 5) is 38.3. The van der Waals surface area contributed by atoms with Crippen LogP contribution in [0.15, 0.2) is 70.4 Å². The molecule has 0 spiro atoms. The molecule has 4 aliphatic carbocycles. The maximum absolute atomic E-state index is 13.6. The fourth-order valence-corrected chi connectivity index (χ4v) is 9.24. The minimum Gasteiger partial charge on any atom is -0.454 e. The molecule has 0 aromatic carbocycles. The molecule has 6 heteroatoms. The summed E-state index contributed by atoms with van der Waals surface area (Å²) in [7, 11) is 0. The number of ether oxygens (including phenoxy) is 1. The van der Waals surface area contributed by atoms with Gasteiger partial charge in [-0.25, -0.2) is 4.79 Å². The number of carbonyl (C=O) groups is 3. The van der Waals surface area contributed by atoms with Gasteiger partial charge in [0, 0.05) is 22.8 Å². The Hall–Kier alpha value is -2.83. The van der Waals surface area contributed by atoms with Crippen molar-refractivity contribution in [2.75, 3.05) is 6.61 Å². The molecule has 0 unspecified atom stereocenters. The maximum Gasteiger partial charge on any atom is 0.331 e. The van der Waals surface area contributed by atoms with E-state index >= 15 is 0 Å². The summed E-state index contributed by atoms with van der Waals surface area (Å²) in [5.41, 5.74) is 3.18. The Kier molecular flexibility index (Phi) is 11.9. The molecular formula is C41H58O6. The molecule has 4 rings (SSSR count). The molecule has 0 amide bonds. The predicted molar refractivity (Wildman–Crippen MR) is 187 cm³/mol. The monoisotopic (exact) mass is 646 g/mol. The van der Waals surface area contributed by atoms with E-state index in [1.165, 1.54) is 22.8 Å². The van der Waals surface area contributed by atoms with Gasteiger partial charge < -0.3 is 14.9 Å². The molecule has 0 heterocycles. The van der Waals surface area contributed by atoms with E-state index in [2.05, 4.69) is 52.8 Å². The number of aliphatic hydroxyl groups is 2. The van der Waals surface area contributed by atoms with Crippen LogP contribution in [0.25, 0.3) is 0 Å². The van der Waals surface area contributed by atoms with Gasteiger partial charge in [-0.15, -0.1) is 0 Å². The van der Waals surface area contributed by atoms with Crippen LogP contribution in [0.5, 0.6) is 0 Å².